The molecule has 4 aliphatic rings. The molecule has 0 bridgehead atoms. The molecule has 2 heterocycles. The summed E-state index contributed by atoms with van der Waals surface area (Å²) in [7, 11) is 0. The molecule has 3 aromatic carbocycles. The highest BCUT2D eigenvalue weighted by Crippen LogP contribution is 2.36. The average molecular weight is 583 g/mol. The SMILES string of the molecule is O=C(O)C1=C(Nc2cccc(NC3=C(C(=O)O)CC4=Nc5ccccc5C(=O)C4=C3)c2)C=C2C(=O)c3ccccc3N=C2C1. The maximum Gasteiger partial charge on any atom is 0.334 e. The monoisotopic (exact) mass is 582 g/mol. The zero-order chi connectivity index (χ0) is 30.5. The highest BCUT2D eigenvalue weighted by molar-refractivity contribution is 6.34. The number of carbonyl (C=O) groups is 4. The molecule has 3 aromatic rings. The number of hydrogen-bond donors (Lipinski definition) is 4. The number of carbonyl (C=O) groups excluding carboxylic acids is 2. The zero-order valence-corrected chi connectivity index (χ0v) is 22.9. The highest BCUT2D eigenvalue weighted by Gasteiger charge is 2.33. The van der Waals surface area contributed by atoms with E-state index in [1.807, 2.05) is 0 Å². The lowest BCUT2D eigenvalue weighted by molar-refractivity contribution is -0.133. The number of benzene rings is 3. The molecule has 0 amide bonds. The van der Waals surface area contributed by atoms with Crippen molar-refractivity contribution in [2.45, 2.75) is 12.8 Å². The summed E-state index contributed by atoms with van der Waals surface area (Å²) in [6, 6.07) is 20.7. The number of Topliss-reactive ketones (excluding diaryl/α,β-unsaturated/α-hetero) is 2. The molecule has 0 atom stereocenters. The van der Waals surface area contributed by atoms with Gasteiger partial charge in [0.05, 0.1) is 45.3 Å². The molecular formula is C34H22N4O6. The summed E-state index contributed by atoms with van der Waals surface area (Å²) in [6.45, 7) is 0. The van der Waals surface area contributed by atoms with E-state index >= 15 is 0 Å². The molecule has 10 nitrogen and oxygen atoms in total. The molecule has 44 heavy (non-hydrogen) atoms. The Kier molecular flexibility index (Phi) is 6.24. The van der Waals surface area contributed by atoms with Crippen molar-refractivity contribution in [3.8, 4) is 0 Å². The number of carboxylic acids is 2. The first-order valence-corrected chi connectivity index (χ1v) is 13.7. The summed E-state index contributed by atoms with van der Waals surface area (Å²) in [4.78, 5) is 60.0. The lowest BCUT2D eigenvalue weighted by Gasteiger charge is -2.25. The van der Waals surface area contributed by atoms with E-state index in [-0.39, 0.29) is 46.9 Å². The van der Waals surface area contributed by atoms with E-state index in [2.05, 4.69) is 20.6 Å². The van der Waals surface area contributed by atoms with Gasteiger partial charge in [-0.15, -0.1) is 0 Å². The number of anilines is 2. The van der Waals surface area contributed by atoms with E-state index in [0.717, 1.165) is 0 Å². The van der Waals surface area contributed by atoms with Gasteiger partial charge in [-0.3, -0.25) is 19.6 Å². The van der Waals surface area contributed by atoms with E-state index in [9.17, 15) is 29.4 Å². The third-order valence-electron chi connectivity index (χ3n) is 7.77. The van der Waals surface area contributed by atoms with Gasteiger partial charge in [0, 0.05) is 46.5 Å². The van der Waals surface area contributed by atoms with Crippen LogP contribution in [0.5, 0.6) is 0 Å². The number of nitrogens with one attached hydrogen (secondary N) is 2. The number of aliphatic imine (C=N–C) groups is 2. The third kappa shape index (κ3) is 4.54. The Morgan fingerprint density at radius 3 is 1.48 bits per heavy atom. The van der Waals surface area contributed by atoms with Gasteiger partial charge in [-0.25, -0.2) is 9.59 Å². The van der Waals surface area contributed by atoms with Crippen LogP contribution < -0.4 is 10.6 Å². The van der Waals surface area contributed by atoms with E-state index in [0.29, 0.717) is 56.4 Å². The van der Waals surface area contributed by atoms with Crippen LogP contribution in [-0.2, 0) is 9.59 Å². The molecule has 0 fully saturated rings. The number of para-hydroxylation sites is 2. The van der Waals surface area contributed by atoms with E-state index in [4.69, 9.17) is 0 Å². The molecule has 0 aromatic heterocycles. The van der Waals surface area contributed by atoms with Gasteiger partial charge in [0.15, 0.2) is 11.6 Å². The van der Waals surface area contributed by atoms with E-state index in [1.165, 1.54) is 12.2 Å². The van der Waals surface area contributed by atoms with Crippen LogP contribution in [0, 0.1) is 0 Å². The van der Waals surface area contributed by atoms with Crippen LogP contribution in [0.15, 0.2) is 129 Å². The van der Waals surface area contributed by atoms with E-state index in [1.54, 1.807) is 72.8 Å². The standard InChI is InChI=1S/C34H22N4O6/c39-31-19-8-1-3-10-25(19)37-27-15-23(33(41)42)29(13-21(27)31)35-17-6-5-7-18(12-17)36-30-14-22-28(16-24(30)34(43)44)38-26-11-4-2-9-20(26)32(22)40/h1-14,35-36H,15-16H2,(H,41,42)(H,43,44). The maximum atomic E-state index is 13.2. The van der Waals surface area contributed by atoms with Crippen molar-refractivity contribution in [2.24, 2.45) is 9.98 Å². The zero-order valence-electron chi connectivity index (χ0n) is 22.9. The van der Waals surface area contributed by atoms with Crippen molar-refractivity contribution in [3.05, 3.63) is 130 Å². The number of rotatable bonds is 6. The molecule has 0 radical (unpaired) electrons. The Hall–Kier alpha value is -6.16. The van der Waals surface area contributed by atoms with Crippen LogP contribution in [0.2, 0.25) is 0 Å². The Labute approximate surface area is 250 Å². The van der Waals surface area contributed by atoms with Gasteiger partial charge in [-0.1, -0.05) is 30.3 Å². The first kappa shape index (κ1) is 26.7. The molecule has 0 saturated carbocycles. The fraction of sp³-hybridized carbons (Fsp3) is 0.0588. The van der Waals surface area contributed by atoms with Gasteiger partial charge >= 0.3 is 11.9 Å². The molecule has 7 rings (SSSR count). The minimum absolute atomic E-state index is 0.0367. The minimum atomic E-state index is -1.15. The molecule has 0 spiro atoms. The van der Waals surface area contributed by atoms with Crippen molar-refractivity contribution in [1.29, 1.82) is 0 Å². The molecule has 2 aliphatic carbocycles. The maximum absolute atomic E-state index is 13.2. The van der Waals surface area contributed by atoms with Crippen molar-refractivity contribution in [1.82, 2.24) is 0 Å². The topological polar surface area (TPSA) is 158 Å². The number of ketones is 2. The smallest absolute Gasteiger partial charge is 0.334 e. The van der Waals surface area contributed by atoms with Gasteiger partial charge in [0.2, 0.25) is 0 Å². The molecule has 10 heteroatoms. The summed E-state index contributed by atoms with van der Waals surface area (Å²) >= 11 is 0. The second-order valence-electron chi connectivity index (χ2n) is 10.5. The second-order valence-corrected chi connectivity index (χ2v) is 10.5. The van der Waals surface area contributed by atoms with Crippen LogP contribution in [0.1, 0.15) is 33.6 Å². The molecule has 0 saturated heterocycles. The quantitative estimate of drug-likeness (QED) is 0.285. The Morgan fingerprint density at radius 1 is 0.614 bits per heavy atom. The number of nitrogens with zero attached hydrogens (tertiary/aromatic N) is 2. The average Bonchev–Trinajstić information content (AvgIpc) is 3.01. The van der Waals surface area contributed by atoms with Crippen molar-refractivity contribution in [2.75, 3.05) is 10.6 Å². The van der Waals surface area contributed by atoms with E-state index < -0.39 is 11.9 Å². The number of hydrogen-bond acceptors (Lipinski definition) is 8. The summed E-state index contributed by atoms with van der Waals surface area (Å²) < 4.78 is 0. The summed E-state index contributed by atoms with van der Waals surface area (Å²) in [5.74, 6) is -2.75. The Morgan fingerprint density at radius 2 is 1.05 bits per heavy atom. The lowest BCUT2D eigenvalue weighted by Crippen LogP contribution is -2.26. The van der Waals surface area contributed by atoms with Gasteiger partial charge in [0.25, 0.3) is 0 Å². The lowest BCUT2D eigenvalue weighted by atomic mass is 9.86. The first-order valence-electron chi connectivity index (χ1n) is 13.7. The minimum Gasteiger partial charge on any atom is -0.478 e. The molecular weight excluding hydrogens is 560 g/mol. The first-order chi connectivity index (χ1) is 21.3. The molecule has 214 valence electrons. The van der Waals surface area contributed by atoms with Crippen LogP contribution in [0.4, 0.5) is 22.7 Å². The van der Waals surface area contributed by atoms with Crippen LogP contribution in [0.25, 0.3) is 0 Å². The summed E-state index contributed by atoms with van der Waals surface area (Å²) in [5, 5.41) is 26.2. The third-order valence-corrected chi connectivity index (χ3v) is 7.77. The Bertz CT molecular complexity index is 1920. The largest absolute Gasteiger partial charge is 0.478 e. The molecule has 2 aliphatic heterocycles. The highest BCUT2D eigenvalue weighted by atomic mass is 16.4. The van der Waals surface area contributed by atoms with Gasteiger partial charge in [-0.05, 0) is 54.6 Å². The number of fused-ring (bicyclic) bond motifs is 4. The van der Waals surface area contributed by atoms with Crippen molar-refractivity contribution >= 4 is 57.7 Å². The van der Waals surface area contributed by atoms with Crippen molar-refractivity contribution < 1.29 is 29.4 Å². The van der Waals surface area contributed by atoms with Crippen LogP contribution >= 0.6 is 0 Å². The molecule has 0 unspecified atom stereocenters. The fourth-order valence-electron chi connectivity index (χ4n) is 5.64. The summed E-state index contributed by atoms with van der Waals surface area (Å²) in [5.41, 5.74) is 4.94. The molecule has 4 N–H and O–H groups in total. The number of aliphatic carboxylic acids is 2. The fourth-order valence-corrected chi connectivity index (χ4v) is 5.64. The number of carboxylic acid groups (broad SMARTS) is 2. The predicted octanol–water partition coefficient (Wildman–Crippen LogP) is 5.79. The van der Waals surface area contributed by atoms with Gasteiger partial charge in [-0.2, -0.15) is 0 Å². The Balaban J connectivity index is 1.20. The van der Waals surface area contributed by atoms with Crippen LogP contribution in [-0.4, -0.2) is 45.1 Å². The van der Waals surface area contributed by atoms with Gasteiger partial charge in [0.1, 0.15) is 0 Å². The predicted molar refractivity (Wildman–Crippen MR) is 164 cm³/mol. The number of allylic oxidation sites excluding steroid dienone is 4. The summed E-state index contributed by atoms with van der Waals surface area (Å²) in [6.07, 6.45) is 2.94. The van der Waals surface area contributed by atoms with Crippen LogP contribution in [0.3, 0.4) is 0 Å². The van der Waals surface area contributed by atoms with Gasteiger partial charge < -0.3 is 20.8 Å². The van der Waals surface area contributed by atoms with Crippen molar-refractivity contribution in [3.63, 3.8) is 0 Å². The normalized spacial score (nSPS) is 16.8. The second kappa shape index (κ2) is 10.3.